The van der Waals surface area contributed by atoms with E-state index in [-0.39, 0.29) is 0 Å². The van der Waals surface area contributed by atoms with Crippen molar-refractivity contribution in [2.24, 2.45) is 5.73 Å². The molecule has 0 radical (unpaired) electrons. The lowest BCUT2D eigenvalue weighted by atomic mass is 9.83. The minimum absolute atomic E-state index is 0.524. The van der Waals surface area contributed by atoms with Gasteiger partial charge in [-0.3, -0.25) is 4.98 Å². The van der Waals surface area contributed by atoms with Crippen LogP contribution in [0.15, 0.2) is 67.0 Å². The highest BCUT2D eigenvalue weighted by Gasteiger charge is 2.25. The van der Waals surface area contributed by atoms with Crippen LogP contribution in [0.4, 0.5) is 0 Å². The van der Waals surface area contributed by atoms with Crippen molar-refractivity contribution in [3.8, 4) is 0 Å². The summed E-state index contributed by atoms with van der Waals surface area (Å²) in [5, 5.41) is 2.28. The standard InChI is InChI=1S/C17H16N2/c1-17(18,14-7-3-2-4-8-14)16-9-5-6-13-10-11-19-12-15(13)16/h2-12H,18H2,1H3. The van der Waals surface area contributed by atoms with Gasteiger partial charge in [0.2, 0.25) is 0 Å². The summed E-state index contributed by atoms with van der Waals surface area (Å²) in [5.74, 6) is 0. The Kier molecular flexibility index (Phi) is 2.80. The van der Waals surface area contributed by atoms with Gasteiger partial charge in [-0.15, -0.1) is 0 Å². The SMILES string of the molecule is CC(N)(c1ccccc1)c1cccc2ccncc12. The van der Waals surface area contributed by atoms with Gasteiger partial charge in [0.05, 0.1) is 5.54 Å². The van der Waals surface area contributed by atoms with Crippen molar-refractivity contribution in [2.45, 2.75) is 12.5 Å². The maximum atomic E-state index is 6.60. The highest BCUT2D eigenvalue weighted by Crippen LogP contribution is 2.31. The van der Waals surface area contributed by atoms with Crippen molar-refractivity contribution in [3.05, 3.63) is 78.1 Å². The quantitative estimate of drug-likeness (QED) is 0.754. The summed E-state index contributed by atoms with van der Waals surface area (Å²) in [5.41, 5.74) is 8.28. The zero-order valence-electron chi connectivity index (χ0n) is 10.9. The Hall–Kier alpha value is -2.19. The van der Waals surface area contributed by atoms with E-state index in [1.807, 2.05) is 49.6 Å². The van der Waals surface area contributed by atoms with Crippen LogP contribution in [0.5, 0.6) is 0 Å². The van der Waals surface area contributed by atoms with Gasteiger partial charge in [0, 0.05) is 17.8 Å². The molecule has 0 fully saturated rings. The number of fused-ring (bicyclic) bond motifs is 1. The van der Waals surface area contributed by atoms with Gasteiger partial charge in [-0.2, -0.15) is 0 Å². The minimum Gasteiger partial charge on any atom is -0.318 e. The summed E-state index contributed by atoms with van der Waals surface area (Å²) in [7, 11) is 0. The molecule has 94 valence electrons. The summed E-state index contributed by atoms with van der Waals surface area (Å²) in [6.45, 7) is 2.05. The van der Waals surface area contributed by atoms with E-state index in [9.17, 15) is 0 Å². The van der Waals surface area contributed by atoms with Crippen molar-refractivity contribution in [3.63, 3.8) is 0 Å². The number of rotatable bonds is 2. The third-order valence-corrected chi connectivity index (χ3v) is 3.62. The van der Waals surface area contributed by atoms with Gasteiger partial charge in [0.25, 0.3) is 0 Å². The number of pyridine rings is 1. The second kappa shape index (κ2) is 4.48. The zero-order chi connectivity index (χ0) is 13.3. The Morgan fingerprint density at radius 3 is 2.53 bits per heavy atom. The van der Waals surface area contributed by atoms with E-state index in [1.165, 1.54) is 5.39 Å². The Morgan fingerprint density at radius 1 is 0.947 bits per heavy atom. The van der Waals surface area contributed by atoms with Crippen molar-refractivity contribution >= 4 is 10.8 Å². The van der Waals surface area contributed by atoms with Crippen molar-refractivity contribution in [1.29, 1.82) is 0 Å². The Labute approximate surface area is 112 Å². The lowest BCUT2D eigenvalue weighted by Gasteiger charge is -2.27. The van der Waals surface area contributed by atoms with Crippen LogP contribution in [0, 0.1) is 0 Å². The van der Waals surface area contributed by atoms with Gasteiger partial charge in [0.1, 0.15) is 0 Å². The molecular formula is C17H16N2. The average Bonchev–Trinajstić information content (AvgIpc) is 2.47. The predicted molar refractivity (Wildman–Crippen MR) is 78.8 cm³/mol. The molecule has 2 heteroatoms. The van der Waals surface area contributed by atoms with Gasteiger partial charge in [-0.05, 0) is 29.5 Å². The first kappa shape index (κ1) is 11.9. The fraction of sp³-hybridized carbons (Fsp3) is 0.118. The molecule has 19 heavy (non-hydrogen) atoms. The minimum atomic E-state index is -0.524. The fourth-order valence-corrected chi connectivity index (χ4v) is 2.51. The molecule has 0 aliphatic heterocycles. The molecule has 3 rings (SSSR count). The smallest absolute Gasteiger partial charge is 0.0643 e. The molecule has 2 aromatic carbocycles. The number of hydrogen-bond donors (Lipinski definition) is 1. The van der Waals surface area contributed by atoms with Crippen LogP contribution in [0.25, 0.3) is 10.8 Å². The predicted octanol–water partition coefficient (Wildman–Crippen LogP) is 3.46. The van der Waals surface area contributed by atoms with Crippen LogP contribution in [0.2, 0.25) is 0 Å². The van der Waals surface area contributed by atoms with E-state index in [0.29, 0.717) is 0 Å². The van der Waals surface area contributed by atoms with Crippen LogP contribution in [0.1, 0.15) is 18.1 Å². The maximum Gasteiger partial charge on any atom is 0.0643 e. The Bertz CT molecular complexity index is 697. The number of nitrogens with two attached hydrogens (primary N) is 1. The largest absolute Gasteiger partial charge is 0.318 e. The highest BCUT2D eigenvalue weighted by molar-refractivity contribution is 5.86. The van der Waals surface area contributed by atoms with Crippen LogP contribution < -0.4 is 5.73 Å². The number of hydrogen-bond acceptors (Lipinski definition) is 2. The molecule has 0 aliphatic carbocycles. The van der Waals surface area contributed by atoms with E-state index in [4.69, 9.17) is 5.73 Å². The van der Waals surface area contributed by atoms with Gasteiger partial charge >= 0.3 is 0 Å². The molecule has 1 aromatic heterocycles. The molecule has 0 saturated heterocycles. The number of nitrogens with zero attached hydrogens (tertiary/aromatic N) is 1. The molecule has 1 heterocycles. The van der Waals surface area contributed by atoms with Crippen LogP contribution in [-0.2, 0) is 5.54 Å². The Balaban J connectivity index is 2.24. The molecule has 2 nitrogen and oxygen atoms in total. The third kappa shape index (κ3) is 2.00. The summed E-state index contributed by atoms with van der Waals surface area (Å²) < 4.78 is 0. The molecule has 0 amide bonds. The van der Waals surface area contributed by atoms with Crippen molar-refractivity contribution < 1.29 is 0 Å². The lowest BCUT2D eigenvalue weighted by molar-refractivity contribution is 0.608. The first-order valence-corrected chi connectivity index (χ1v) is 6.37. The molecule has 1 unspecified atom stereocenters. The van der Waals surface area contributed by atoms with Crippen LogP contribution in [0.3, 0.4) is 0 Å². The molecule has 0 aliphatic rings. The third-order valence-electron chi connectivity index (χ3n) is 3.62. The van der Waals surface area contributed by atoms with E-state index >= 15 is 0 Å². The highest BCUT2D eigenvalue weighted by atomic mass is 14.7. The van der Waals surface area contributed by atoms with Gasteiger partial charge in [-0.1, -0.05) is 48.5 Å². The molecule has 0 saturated carbocycles. The number of benzene rings is 2. The molecular weight excluding hydrogens is 232 g/mol. The van der Waals surface area contributed by atoms with Gasteiger partial charge < -0.3 is 5.73 Å². The van der Waals surface area contributed by atoms with Crippen molar-refractivity contribution in [2.75, 3.05) is 0 Å². The second-order valence-corrected chi connectivity index (χ2v) is 4.97. The maximum absolute atomic E-state index is 6.60. The first-order chi connectivity index (χ1) is 9.19. The second-order valence-electron chi connectivity index (χ2n) is 4.97. The molecule has 3 aromatic rings. The summed E-state index contributed by atoms with van der Waals surface area (Å²) >= 11 is 0. The van der Waals surface area contributed by atoms with E-state index in [1.54, 1.807) is 0 Å². The van der Waals surface area contributed by atoms with Gasteiger partial charge in [-0.25, -0.2) is 0 Å². The first-order valence-electron chi connectivity index (χ1n) is 6.37. The van der Waals surface area contributed by atoms with Crippen LogP contribution >= 0.6 is 0 Å². The molecule has 1 atom stereocenters. The lowest BCUT2D eigenvalue weighted by Crippen LogP contribution is -2.34. The Morgan fingerprint density at radius 2 is 1.74 bits per heavy atom. The summed E-state index contributed by atoms with van der Waals surface area (Å²) in [6, 6.07) is 18.4. The molecule has 2 N–H and O–H groups in total. The fourth-order valence-electron chi connectivity index (χ4n) is 2.51. The monoisotopic (exact) mass is 248 g/mol. The summed E-state index contributed by atoms with van der Waals surface area (Å²) in [6.07, 6.45) is 3.70. The van der Waals surface area contributed by atoms with E-state index in [2.05, 4.69) is 29.2 Å². The normalized spacial score (nSPS) is 14.2. The topological polar surface area (TPSA) is 38.9 Å². The van der Waals surface area contributed by atoms with E-state index in [0.717, 1.165) is 16.5 Å². The molecule has 0 spiro atoms. The van der Waals surface area contributed by atoms with E-state index < -0.39 is 5.54 Å². The van der Waals surface area contributed by atoms with Crippen LogP contribution in [-0.4, -0.2) is 4.98 Å². The van der Waals surface area contributed by atoms with Gasteiger partial charge in [0.15, 0.2) is 0 Å². The summed E-state index contributed by atoms with van der Waals surface area (Å²) in [4.78, 5) is 4.23. The zero-order valence-corrected chi connectivity index (χ0v) is 10.9. The number of aromatic nitrogens is 1. The van der Waals surface area contributed by atoms with Crippen molar-refractivity contribution in [1.82, 2.24) is 4.98 Å². The molecule has 0 bridgehead atoms. The average molecular weight is 248 g/mol.